The van der Waals surface area contributed by atoms with Gasteiger partial charge in [-0.15, -0.1) is 0 Å². The van der Waals surface area contributed by atoms with Crippen LogP contribution in [0.25, 0.3) is 0 Å². The summed E-state index contributed by atoms with van der Waals surface area (Å²) in [6, 6.07) is 0. The molecule has 0 rings (SSSR count). The lowest BCUT2D eigenvalue weighted by molar-refractivity contribution is 0.575. The standard InChI is InChI=1S/C14H29/c1-4-6-8-9-10-11-13-14(3)12-7-5-2/h4-13H2,1-3H3. The van der Waals surface area contributed by atoms with E-state index in [1.165, 1.54) is 64.2 Å². The van der Waals surface area contributed by atoms with Crippen molar-refractivity contribution in [3.63, 3.8) is 0 Å². The number of hydrogen-bond acceptors (Lipinski definition) is 0. The van der Waals surface area contributed by atoms with Crippen molar-refractivity contribution in [1.82, 2.24) is 0 Å². The molecule has 0 aromatic rings. The molecule has 1 radical (unpaired) electrons. The molecule has 0 bridgehead atoms. The molecule has 0 heterocycles. The molecule has 0 unspecified atom stereocenters. The molecule has 0 atom stereocenters. The van der Waals surface area contributed by atoms with Crippen LogP contribution in [0.3, 0.4) is 0 Å². The van der Waals surface area contributed by atoms with Gasteiger partial charge in [0.05, 0.1) is 0 Å². The van der Waals surface area contributed by atoms with Crippen molar-refractivity contribution in [3.8, 4) is 0 Å². The number of unbranched alkanes of at least 4 members (excludes halogenated alkanes) is 6. The molecule has 0 spiro atoms. The highest BCUT2D eigenvalue weighted by molar-refractivity contribution is 4.82. The van der Waals surface area contributed by atoms with Gasteiger partial charge < -0.3 is 0 Å². The van der Waals surface area contributed by atoms with Crippen LogP contribution < -0.4 is 0 Å². The van der Waals surface area contributed by atoms with E-state index in [2.05, 4.69) is 20.8 Å². The molecule has 0 N–H and O–H groups in total. The zero-order valence-electron chi connectivity index (χ0n) is 10.6. The van der Waals surface area contributed by atoms with E-state index in [1.54, 1.807) is 5.92 Å². The van der Waals surface area contributed by atoms with Crippen molar-refractivity contribution in [1.29, 1.82) is 0 Å². The van der Waals surface area contributed by atoms with E-state index in [9.17, 15) is 0 Å². The van der Waals surface area contributed by atoms with Crippen molar-refractivity contribution in [2.75, 3.05) is 0 Å². The van der Waals surface area contributed by atoms with Crippen LogP contribution in [-0.2, 0) is 0 Å². The Kier molecular flexibility index (Phi) is 11.1. The molecule has 0 aromatic heterocycles. The minimum Gasteiger partial charge on any atom is -0.0654 e. The van der Waals surface area contributed by atoms with Crippen LogP contribution in [0.4, 0.5) is 0 Å². The van der Waals surface area contributed by atoms with Crippen molar-refractivity contribution >= 4 is 0 Å². The second kappa shape index (κ2) is 11.1. The average Bonchev–Trinajstić information content (AvgIpc) is 2.20. The van der Waals surface area contributed by atoms with Crippen LogP contribution >= 0.6 is 0 Å². The topological polar surface area (TPSA) is 0 Å². The van der Waals surface area contributed by atoms with Gasteiger partial charge in [-0.25, -0.2) is 0 Å². The van der Waals surface area contributed by atoms with Gasteiger partial charge in [0.1, 0.15) is 0 Å². The zero-order valence-corrected chi connectivity index (χ0v) is 10.6. The molecule has 0 amide bonds. The molecule has 0 aliphatic rings. The Morgan fingerprint density at radius 1 is 0.643 bits per heavy atom. The highest BCUT2D eigenvalue weighted by Crippen LogP contribution is 2.18. The van der Waals surface area contributed by atoms with Gasteiger partial charge in [-0.3, -0.25) is 0 Å². The third-order valence-corrected chi connectivity index (χ3v) is 2.91. The van der Waals surface area contributed by atoms with Crippen molar-refractivity contribution in [2.24, 2.45) is 0 Å². The van der Waals surface area contributed by atoms with Crippen LogP contribution in [0.1, 0.15) is 85.0 Å². The fraction of sp³-hybridized carbons (Fsp3) is 0.929. The summed E-state index contributed by atoms with van der Waals surface area (Å²) < 4.78 is 0. The molecule has 0 heteroatoms. The van der Waals surface area contributed by atoms with Crippen molar-refractivity contribution in [2.45, 2.75) is 85.0 Å². The first-order chi connectivity index (χ1) is 6.81. The number of rotatable bonds is 10. The maximum atomic E-state index is 2.34. The molecule has 0 saturated heterocycles. The normalized spacial score (nSPS) is 11.1. The monoisotopic (exact) mass is 197 g/mol. The summed E-state index contributed by atoms with van der Waals surface area (Å²) in [7, 11) is 0. The summed E-state index contributed by atoms with van der Waals surface area (Å²) in [5.41, 5.74) is 0. The number of hydrogen-bond donors (Lipinski definition) is 0. The Balaban J connectivity index is 3.02. The zero-order chi connectivity index (χ0) is 10.6. The van der Waals surface area contributed by atoms with Crippen LogP contribution in [0.5, 0.6) is 0 Å². The third-order valence-electron chi connectivity index (χ3n) is 2.91. The van der Waals surface area contributed by atoms with E-state index in [0.29, 0.717) is 0 Å². The minimum atomic E-state index is 1.34. The maximum absolute atomic E-state index is 2.34. The molecule has 0 aliphatic heterocycles. The van der Waals surface area contributed by atoms with Crippen LogP contribution in [-0.4, -0.2) is 0 Å². The molecule has 85 valence electrons. The van der Waals surface area contributed by atoms with E-state index < -0.39 is 0 Å². The average molecular weight is 197 g/mol. The van der Waals surface area contributed by atoms with Gasteiger partial charge in [0, 0.05) is 0 Å². The third kappa shape index (κ3) is 10.1. The Bertz CT molecular complexity index is 96.2. The highest BCUT2D eigenvalue weighted by Gasteiger charge is 2.01. The first-order valence-electron chi connectivity index (χ1n) is 6.62. The lowest BCUT2D eigenvalue weighted by atomic mass is 9.97. The van der Waals surface area contributed by atoms with Crippen molar-refractivity contribution < 1.29 is 0 Å². The van der Waals surface area contributed by atoms with Crippen LogP contribution in [0, 0.1) is 5.92 Å². The van der Waals surface area contributed by atoms with Gasteiger partial charge in [-0.1, -0.05) is 72.1 Å². The summed E-state index contributed by atoms with van der Waals surface area (Å²) in [5, 5.41) is 0. The predicted octanol–water partition coefficient (Wildman–Crippen LogP) is 5.52. The van der Waals surface area contributed by atoms with Gasteiger partial charge in [0.25, 0.3) is 0 Å². The molecule has 0 aliphatic carbocycles. The van der Waals surface area contributed by atoms with Gasteiger partial charge in [-0.2, -0.15) is 0 Å². The van der Waals surface area contributed by atoms with Crippen LogP contribution in [0.2, 0.25) is 0 Å². The van der Waals surface area contributed by atoms with E-state index in [4.69, 9.17) is 0 Å². The summed E-state index contributed by atoms with van der Waals surface area (Å²) in [5.74, 6) is 1.72. The molecule has 0 nitrogen and oxygen atoms in total. The first-order valence-corrected chi connectivity index (χ1v) is 6.62. The summed E-state index contributed by atoms with van der Waals surface area (Å²) in [4.78, 5) is 0. The minimum absolute atomic E-state index is 1.34. The van der Waals surface area contributed by atoms with E-state index in [-0.39, 0.29) is 0 Å². The Labute approximate surface area is 91.5 Å². The highest BCUT2D eigenvalue weighted by atomic mass is 14.1. The lowest BCUT2D eigenvalue weighted by Crippen LogP contribution is -1.92. The Morgan fingerprint density at radius 2 is 1.14 bits per heavy atom. The van der Waals surface area contributed by atoms with E-state index in [1.807, 2.05) is 0 Å². The molecule has 0 aromatic carbocycles. The largest absolute Gasteiger partial charge is 0.0654 e. The predicted molar refractivity (Wildman–Crippen MR) is 66.4 cm³/mol. The second-order valence-corrected chi connectivity index (χ2v) is 4.58. The van der Waals surface area contributed by atoms with Crippen molar-refractivity contribution in [3.05, 3.63) is 5.92 Å². The fourth-order valence-corrected chi connectivity index (χ4v) is 1.81. The van der Waals surface area contributed by atoms with Gasteiger partial charge in [0.2, 0.25) is 0 Å². The molecule has 14 heavy (non-hydrogen) atoms. The SMILES string of the molecule is CCCCCCCC[C](C)CCCC. The summed E-state index contributed by atoms with van der Waals surface area (Å²) in [6.45, 7) is 6.89. The lowest BCUT2D eigenvalue weighted by Gasteiger charge is -2.09. The Morgan fingerprint density at radius 3 is 1.79 bits per heavy atom. The second-order valence-electron chi connectivity index (χ2n) is 4.58. The molecule has 0 saturated carbocycles. The summed E-state index contributed by atoms with van der Waals surface area (Å²) in [6.07, 6.45) is 14.1. The smallest absolute Gasteiger partial charge is 0.0272 e. The fourth-order valence-electron chi connectivity index (χ4n) is 1.81. The first kappa shape index (κ1) is 14.0. The Hall–Kier alpha value is 0. The van der Waals surface area contributed by atoms with E-state index in [0.717, 1.165) is 0 Å². The quantitative estimate of drug-likeness (QED) is 0.404. The van der Waals surface area contributed by atoms with Gasteiger partial charge in [-0.05, 0) is 18.8 Å². The maximum Gasteiger partial charge on any atom is -0.0272 e. The molecule has 0 fully saturated rings. The van der Waals surface area contributed by atoms with E-state index >= 15 is 0 Å². The van der Waals surface area contributed by atoms with Crippen LogP contribution in [0.15, 0.2) is 0 Å². The molecular weight excluding hydrogens is 168 g/mol. The summed E-state index contributed by atoms with van der Waals surface area (Å²) >= 11 is 0. The van der Waals surface area contributed by atoms with Gasteiger partial charge >= 0.3 is 0 Å². The molecular formula is C14H29. The van der Waals surface area contributed by atoms with Gasteiger partial charge in [0.15, 0.2) is 0 Å².